The fourth-order valence-electron chi connectivity index (χ4n) is 1.18. The van der Waals surface area contributed by atoms with E-state index in [-0.39, 0.29) is 11.5 Å². The van der Waals surface area contributed by atoms with E-state index in [0.717, 1.165) is 0 Å². The van der Waals surface area contributed by atoms with Crippen LogP contribution in [0.1, 0.15) is 22.0 Å². The van der Waals surface area contributed by atoms with E-state index >= 15 is 0 Å². The summed E-state index contributed by atoms with van der Waals surface area (Å²) in [6, 6.07) is 2.98. The quantitative estimate of drug-likeness (QED) is 0.813. The summed E-state index contributed by atoms with van der Waals surface area (Å²) in [6.07, 6.45) is -4.48. The molecule has 1 amide bonds. The summed E-state index contributed by atoms with van der Waals surface area (Å²) in [5.41, 5.74) is 5.23. The SMILES string of the molecule is CNC(=O)c1ccc(C(N)C(F)(F)F)cc1. The molecule has 0 aliphatic carbocycles. The van der Waals surface area contributed by atoms with Crippen LogP contribution in [0.15, 0.2) is 24.3 Å². The summed E-state index contributed by atoms with van der Waals surface area (Å²) in [5, 5.41) is 2.37. The molecule has 0 aromatic heterocycles. The van der Waals surface area contributed by atoms with Gasteiger partial charge in [-0.15, -0.1) is 0 Å². The van der Waals surface area contributed by atoms with E-state index in [9.17, 15) is 18.0 Å². The maximum atomic E-state index is 12.3. The number of hydrogen-bond acceptors (Lipinski definition) is 2. The van der Waals surface area contributed by atoms with Crippen molar-refractivity contribution in [2.75, 3.05) is 7.05 Å². The molecule has 0 bridgehead atoms. The van der Waals surface area contributed by atoms with Crippen LogP contribution in [0.5, 0.6) is 0 Å². The van der Waals surface area contributed by atoms with Crippen molar-refractivity contribution in [3.63, 3.8) is 0 Å². The van der Waals surface area contributed by atoms with Gasteiger partial charge in [-0.05, 0) is 17.7 Å². The van der Waals surface area contributed by atoms with Gasteiger partial charge in [0.2, 0.25) is 0 Å². The molecular weight excluding hydrogens is 221 g/mol. The Kier molecular flexibility index (Phi) is 3.54. The van der Waals surface area contributed by atoms with Crippen molar-refractivity contribution in [1.29, 1.82) is 0 Å². The summed E-state index contributed by atoms with van der Waals surface area (Å²) in [5.74, 6) is -0.355. The molecule has 1 atom stereocenters. The zero-order valence-electron chi connectivity index (χ0n) is 8.51. The Morgan fingerprint density at radius 3 is 2.19 bits per heavy atom. The molecule has 0 fully saturated rings. The molecule has 1 rings (SSSR count). The number of benzene rings is 1. The molecule has 3 nitrogen and oxygen atoms in total. The first kappa shape index (κ1) is 12.5. The van der Waals surface area contributed by atoms with Gasteiger partial charge in [-0.3, -0.25) is 4.79 Å². The molecule has 0 saturated carbocycles. The average molecular weight is 232 g/mol. The van der Waals surface area contributed by atoms with E-state index in [1.54, 1.807) is 0 Å². The molecular formula is C10H11F3N2O. The molecule has 1 aromatic carbocycles. The maximum Gasteiger partial charge on any atom is 0.407 e. The molecule has 0 aliphatic heterocycles. The molecule has 0 heterocycles. The van der Waals surface area contributed by atoms with E-state index in [1.807, 2.05) is 0 Å². The van der Waals surface area contributed by atoms with Crippen LogP contribution in [0.25, 0.3) is 0 Å². The van der Waals surface area contributed by atoms with Crippen molar-refractivity contribution in [3.05, 3.63) is 35.4 Å². The van der Waals surface area contributed by atoms with Gasteiger partial charge >= 0.3 is 6.18 Å². The average Bonchev–Trinajstić information content (AvgIpc) is 2.26. The van der Waals surface area contributed by atoms with Gasteiger partial charge in [-0.1, -0.05) is 12.1 Å². The number of hydrogen-bond donors (Lipinski definition) is 2. The van der Waals surface area contributed by atoms with E-state index in [4.69, 9.17) is 5.73 Å². The largest absolute Gasteiger partial charge is 0.407 e. The first-order valence-corrected chi connectivity index (χ1v) is 4.50. The van der Waals surface area contributed by atoms with E-state index in [1.165, 1.54) is 31.3 Å². The lowest BCUT2D eigenvalue weighted by Crippen LogP contribution is -2.28. The Bertz CT molecular complexity index is 373. The lowest BCUT2D eigenvalue weighted by atomic mass is 10.0. The summed E-state index contributed by atoms with van der Waals surface area (Å²) < 4.78 is 36.8. The minimum Gasteiger partial charge on any atom is -0.355 e. The molecule has 3 N–H and O–H groups in total. The predicted molar refractivity (Wildman–Crippen MR) is 52.8 cm³/mol. The van der Waals surface area contributed by atoms with Crippen LogP contribution in [0.2, 0.25) is 0 Å². The van der Waals surface area contributed by atoms with Crippen LogP contribution in [0, 0.1) is 0 Å². The first-order valence-electron chi connectivity index (χ1n) is 4.50. The lowest BCUT2D eigenvalue weighted by molar-refractivity contribution is -0.149. The summed E-state index contributed by atoms with van der Waals surface area (Å²) in [7, 11) is 1.44. The van der Waals surface area contributed by atoms with Gasteiger partial charge in [-0.25, -0.2) is 0 Å². The van der Waals surface area contributed by atoms with Crippen LogP contribution < -0.4 is 11.1 Å². The number of carbonyl (C=O) groups excluding carboxylic acids is 1. The third-order valence-electron chi connectivity index (χ3n) is 2.11. The van der Waals surface area contributed by atoms with Gasteiger partial charge in [0.05, 0.1) is 0 Å². The lowest BCUT2D eigenvalue weighted by Gasteiger charge is -2.15. The van der Waals surface area contributed by atoms with Gasteiger partial charge in [-0.2, -0.15) is 13.2 Å². The molecule has 0 spiro atoms. The third kappa shape index (κ3) is 2.73. The second-order valence-electron chi connectivity index (χ2n) is 3.22. The molecule has 0 radical (unpaired) electrons. The van der Waals surface area contributed by atoms with Crippen molar-refractivity contribution in [2.24, 2.45) is 5.73 Å². The Morgan fingerprint density at radius 1 is 1.31 bits per heavy atom. The smallest absolute Gasteiger partial charge is 0.355 e. The maximum absolute atomic E-state index is 12.3. The Balaban J connectivity index is 2.91. The molecule has 0 saturated heterocycles. The van der Waals surface area contributed by atoms with Crippen molar-refractivity contribution in [3.8, 4) is 0 Å². The molecule has 0 aliphatic rings. The zero-order chi connectivity index (χ0) is 12.3. The number of halogens is 3. The highest BCUT2D eigenvalue weighted by Crippen LogP contribution is 2.30. The highest BCUT2D eigenvalue weighted by atomic mass is 19.4. The van der Waals surface area contributed by atoms with Crippen LogP contribution >= 0.6 is 0 Å². The topological polar surface area (TPSA) is 55.1 Å². The zero-order valence-corrected chi connectivity index (χ0v) is 8.51. The monoisotopic (exact) mass is 232 g/mol. The summed E-state index contributed by atoms with van der Waals surface area (Å²) in [6.45, 7) is 0. The minimum atomic E-state index is -4.48. The second-order valence-corrected chi connectivity index (χ2v) is 3.22. The Labute approximate surface area is 90.4 Å². The number of carbonyl (C=O) groups is 1. The normalized spacial score (nSPS) is 13.3. The Morgan fingerprint density at radius 2 is 1.81 bits per heavy atom. The van der Waals surface area contributed by atoms with Crippen LogP contribution in [0.4, 0.5) is 13.2 Å². The minimum absolute atomic E-state index is 0.0693. The van der Waals surface area contributed by atoms with Crippen molar-refractivity contribution < 1.29 is 18.0 Å². The van der Waals surface area contributed by atoms with Gasteiger partial charge in [0.25, 0.3) is 5.91 Å². The van der Waals surface area contributed by atoms with E-state index < -0.39 is 12.2 Å². The van der Waals surface area contributed by atoms with E-state index in [2.05, 4.69) is 5.32 Å². The predicted octanol–water partition coefficient (Wildman–Crippen LogP) is 1.61. The van der Waals surface area contributed by atoms with Gasteiger partial charge in [0.15, 0.2) is 0 Å². The van der Waals surface area contributed by atoms with E-state index in [0.29, 0.717) is 5.56 Å². The molecule has 88 valence electrons. The molecule has 16 heavy (non-hydrogen) atoms. The van der Waals surface area contributed by atoms with Gasteiger partial charge < -0.3 is 11.1 Å². The van der Waals surface area contributed by atoms with Crippen LogP contribution in [-0.2, 0) is 0 Å². The third-order valence-corrected chi connectivity index (χ3v) is 2.11. The van der Waals surface area contributed by atoms with Gasteiger partial charge in [0, 0.05) is 12.6 Å². The Hall–Kier alpha value is -1.56. The molecule has 1 aromatic rings. The van der Waals surface area contributed by atoms with Crippen molar-refractivity contribution >= 4 is 5.91 Å². The van der Waals surface area contributed by atoms with Crippen LogP contribution in [0.3, 0.4) is 0 Å². The standard InChI is InChI=1S/C10H11F3N2O/c1-15-9(16)7-4-2-6(3-5-7)8(14)10(11,12)13/h2-5,8H,14H2,1H3,(H,15,16). The first-order chi connectivity index (χ1) is 7.36. The van der Waals surface area contributed by atoms with Crippen molar-refractivity contribution in [1.82, 2.24) is 5.32 Å². The number of amides is 1. The number of rotatable bonds is 2. The number of nitrogens with two attached hydrogens (primary N) is 1. The fourth-order valence-corrected chi connectivity index (χ4v) is 1.18. The van der Waals surface area contributed by atoms with Gasteiger partial charge in [0.1, 0.15) is 6.04 Å². The summed E-state index contributed by atoms with van der Waals surface area (Å²) >= 11 is 0. The number of alkyl halides is 3. The molecule has 1 unspecified atom stereocenters. The second kappa shape index (κ2) is 4.52. The molecule has 6 heteroatoms. The summed E-state index contributed by atoms with van der Waals surface area (Å²) in [4.78, 5) is 11.1. The van der Waals surface area contributed by atoms with Crippen molar-refractivity contribution in [2.45, 2.75) is 12.2 Å². The number of nitrogens with one attached hydrogen (secondary N) is 1. The fraction of sp³-hybridized carbons (Fsp3) is 0.300. The van der Waals surface area contributed by atoms with Crippen LogP contribution in [-0.4, -0.2) is 19.1 Å². The highest BCUT2D eigenvalue weighted by molar-refractivity contribution is 5.93. The highest BCUT2D eigenvalue weighted by Gasteiger charge is 2.37.